The van der Waals surface area contributed by atoms with Crippen molar-refractivity contribution in [3.63, 3.8) is 0 Å². The normalized spacial score (nSPS) is 36.4. The molecule has 1 heterocycles. The zero-order valence-electron chi connectivity index (χ0n) is 36.8. The van der Waals surface area contributed by atoms with Crippen LogP contribution in [0.15, 0.2) is 85.9 Å². The van der Waals surface area contributed by atoms with E-state index in [1.54, 1.807) is 6.92 Å². The molecule has 0 aliphatic heterocycles. The lowest BCUT2D eigenvalue weighted by atomic mass is 9.33. The summed E-state index contributed by atoms with van der Waals surface area (Å²) in [6, 6.07) is 18.5. The van der Waals surface area contributed by atoms with E-state index >= 15 is 4.79 Å². The van der Waals surface area contributed by atoms with E-state index in [-0.39, 0.29) is 41.0 Å². The monoisotopic (exact) mass is 855 g/mol. The molecule has 10 atom stereocenters. The van der Waals surface area contributed by atoms with Crippen molar-refractivity contribution in [2.75, 3.05) is 0 Å². The Morgan fingerprint density at radius 2 is 1.44 bits per heavy atom. The van der Waals surface area contributed by atoms with Crippen LogP contribution in [-0.4, -0.2) is 36.1 Å². The minimum atomic E-state index is -3.29. The molecular formula is C50H59F2NO9. The maximum atomic E-state index is 15.2. The summed E-state index contributed by atoms with van der Waals surface area (Å²) < 4.78 is 49.9. The number of nitrogens with one attached hydrogen (secondary N) is 1. The van der Waals surface area contributed by atoms with E-state index in [1.807, 2.05) is 80.6 Å². The van der Waals surface area contributed by atoms with Gasteiger partial charge in [0.1, 0.15) is 0 Å². The second-order valence-electron chi connectivity index (χ2n) is 20.6. The Morgan fingerprint density at radius 1 is 0.806 bits per heavy atom. The first-order valence-electron chi connectivity index (χ1n) is 22.1. The first kappa shape index (κ1) is 43.8. The Morgan fingerprint density at radius 3 is 2.03 bits per heavy atom. The van der Waals surface area contributed by atoms with Gasteiger partial charge < -0.3 is 23.6 Å². The Balaban J connectivity index is 1.12. The molecule has 62 heavy (non-hydrogen) atoms. The highest BCUT2D eigenvalue weighted by atomic mass is 19.3. The minimum absolute atomic E-state index is 0.0199. The second-order valence-corrected chi connectivity index (χ2v) is 20.6. The van der Waals surface area contributed by atoms with Gasteiger partial charge in [0.15, 0.2) is 30.0 Å². The summed E-state index contributed by atoms with van der Waals surface area (Å²) in [5, 5.41) is 2.47. The number of carbonyl (C=O) groups excluding carboxylic acids is 4. The Labute approximate surface area is 361 Å². The van der Waals surface area contributed by atoms with Crippen LogP contribution in [0.5, 0.6) is 0 Å². The number of carbonyl (C=O) groups is 4. The molecule has 5 aliphatic rings. The van der Waals surface area contributed by atoms with Gasteiger partial charge in [0.25, 0.3) is 5.91 Å². The molecule has 12 heteroatoms. The molecule has 8 rings (SSSR count). The van der Waals surface area contributed by atoms with E-state index in [0.717, 1.165) is 36.0 Å². The first-order valence-corrected chi connectivity index (χ1v) is 22.1. The zero-order valence-corrected chi connectivity index (χ0v) is 36.8. The highest BCUT2D eigenvalue weighted by molar-refractivity contribution is 5.96. The SMILES string of the molecule is Cc1oc(=O)oc1COC(=O)[C@]1(C)[C@@H](NC(=O)C(F)F)CC[C@@]2(C)[C@H]1CC[C@]1(C)[C@@H]2C(=O)C=C2[C@@H]3C[C@@](C)(C(=O)OC(c4ccccc4)c4ccccc4)CC[C@]3(C)CC[C@]21C. The summed E-state index contributed by atoms with van der Waals surface area (Å²) in [7, 11) is 0. The number of rotatable bonds is 9. The number of benzene rings is 2. The van der Waals surface area contributed by atoms with Crippen molar-refractivity contribution in [3.05, 3.63) is 106 Å². The average Bonchev–Trinajstić information content (AvgIpc) is 3.57. The molecule has 2 aromatic carbocycles. The molecule has 3 aromatic rings. The Bertz CT molecular complexity index is 2300. The van der Waals surface area contributed by atoms with Gasteiger partial charge in [0, 0.05) is 12.0 Å². The third-order valence-corrected chi connectivity index (χ3v) is 17.3. The standard InChI is InChI=1S/C50H59F2NO9/c1-29-35(61-44(58)60-29)28-59-43(57)50(7)36-18-21-49(6)39(47(36,4)20-19-37(50)53-41(55)40(51)52)34(54)26-32-33-27-46(3,23-22-45(33,2)24-25-48(32,49)5)42(56)62-38(30-14-10-8-11-15-30)31-16-12-9-13-17-31/h8-17,26,33,36-40H,18-25,27-28H2,1-7H3,(H,53,55)/t33-,36+,37-,39+,45+,46-,47-,48+,49+,50-/m0/s1. The van der Waals surface area contributed by atoms with Gasteiger partial charge in [-0.15, -0.1) is 0 Å². The predicted octanol–water partition coefficient (Wildman–Crippen LogP) is 9.63. The largest absolute Gasteiger partial charge is 0.519 e. The molecule has 1 amide bonds. The number of halogens is 2. The molecule has 10 nitrogen and oxygen atoms in total. The lowest BCUT2D eigenvalue weighted by Crippen LogP contribution is -2.69. The van der Waals surface area contributed by atoms with E-state index in [2.05, 4.69) is 26.1 Å². The van der Waals surface area contributed by atoms with Crippen LogP contribution in [0.1, 0.15) is 128 Å². The molecule has 4 saturated carbocycles. The van der Waals surface area contributed by atoms with Gasteiger partial charge in [-0.25, -0.2) is 4.79 Å². The third-order valence-electron chi connectivity index (χ3n) is 17.3. The number of esters is 2. The van der Waals surface area contributed by atoms with Crippen molar-refractivity contribution in [1.29, 1.82) is 0 Å². The number of ether oxygens (including phenoxy) is 2. The highest BCUT2D eigenvalue weighted by Crippen LogP contribution is 2.75. The van der Waals surface area contributed by atoms with Gasteiger partial charge in [-0.3, -0.25) is 19.2 Å². The molecule has 4 fully saturated rings. The van der Waals surface area contributed by atoms with Crippen molar-refractivity contribution < 1.29 is 46.3 Å². The summed E-state index contributed by atoms with van der Waals surface area (Å²) in [4.78, 5) is 68.6. The fourth-order valence-corrected chi connectivity index (χ4v) is 13.4. The molecule has 5 aliphatic carbocycles. The number of allylic oxidation sites excluding steroid dienone is 2. The summed E-state index contributed by atoms with van der Waals surface area (Å²) in [6.07, 6.45) is 3.38. The zero-order chi connectivity index (χ0) is 44.6. The number of hydrogen-bond acceptors (Lipinski definition) is 9. The lowest BCUT2D eigenvalue weighted by molar-refractivity contribution is -0.206. The van der Waals surface area contributed by atoms with Gasteiger partial charge in [-0.1, -0.05) is 93.9 Å². The second kappa shape index (κ2) is 15.4. The van der Waals surface area contributed by atoms with Crippen LogP contribution in [0.4, 0.5) is 8.78 Å². The molecule has 0 unspecified atom stereocenters. The molecule has 0 saturated heterocycles. The molecule has 0 spiro atoms. The lowest BCUT2D eigenvalue weighted by Gasteiger charge is -2.70. The number of ketones is 1. The fourth-order valence-electron chi connectivity index (χ4n) is 13.4. The predicted molar refractivity (Wildman–Crippen MR) is 224 cm³/mol. The maximum absolute atomic E-state index is 15.2. The summed E-state index contributed by atoms with van der Waals surface area (Å²) in [6.45, 7) is 13.6. The summed E-state index contributed by atoms with van der Waals surface area (Å²) >= 11 is 0. The Kier molecular flexibility index (Phi) is 10.9. The third kappa shape index (κ3) is 6.80. The van der Waals surface area contributed by atoms with Gasteiger partial charge >= 0.3 is 24.2 Å². The highest BCUT2D eigenvalue weighted by Gasteiger charge is 2.72. The van der Waals surface area contributed by atoms with Crippen LogP contribution in [0.3, 0.4) is 0 Å². The van der Waals surface area contributed by atoms with E-state index in [9.17, 15) is 28.0 Å². The molecule has 0 radical (unpaired) electrons. The van der Waals surface area contributed by atoms with Crippen LogP contribution in [0.25, 0.3) is 0 Å². The molecule has 332 valence electrons. The van der Waals surface area contributed by atoms with E-state index in [4.69, 9.17) is 18.3 Å². The number of alkyl halides is 2. The van der Waals surface area contributed by atoms with E-state index in [1.165, 1.54) is 6.92 Å². The fraction of sp³-hybridized carbons (Fsp3) is 0.580. The van der Waals surface area contributed by atoms with Gasteiger partial charge in [0.05, 0.1) is 10.8 Å². The number of fused-ring (bicyclic) bond motifs is 7. The van der Waals surface area contributed by atoms with Crippen LogP contribution >= 0.6 is 0 Å². The molecule has 1 aromatic heterocycles. The topological polar surface area (TPSA) is 142 Å². The summed E-state index contributed by atoms with van der Waals surface area (Å²) in [5.74, 6) is -4.41. The van der Waals surface area contributed by atoms with Crippen LogP contribution in [-0.2, 0) is 35.3 Å². The number of amides is 1. The number of hydrogen-bond donors (Lipinski definition) is 1. The van der Waals surface area contributed by atoms with Crippen molar-refractivity contribution in [1.82, 2.24) is 5.32 Å². The maximum Gasteiger partial charge on any atom is 0.519 e. The van der Waals surface area contributed by atoms with Gasteiger partial charge in [-0.2, -0.15) is 8.78 Å². The van der Waals surface area contributed by atoms with E-state index in [0.29, 0.717) is 32.1 Å². The molecule has 1 N–H and O–H groups in total. The van der Waals surface area contributed by atoms with Crippen LogP contribution in [0.2, 0.25) is 0 Å². The molecular weight excluding hydrogens is 797 g/mol. The van der Waals surface area contributed by atoms with Crippen molar-refractivity contribution in [3.8, 4) is 0 Å². The van der Waals surface area contributed by atoms with Crippen molar-refractivity contribution in [2.24, 2.45) is 50.2 Å². The Hall–Kier alpha value is -4.87. The van der Waals surface area contributed by atoms with Crippen molar-refractivity contribution in [2.45, 2.75) is 131 Å². The van der Waals surface area contributed by atoms with Gasteiger partial charge in [0.2, 0.25) is 0 Å². The molecule has 0 bridgehead atoms. The van der Waals surface area contributed by atoms with Gasteiger partial charge in [-0.05, 0) is 129 Å². The number of aryl methyl sites for hydroxylation is 1. The van der Waals surface area contributed by atoms with Crippen LogP contribution in [0, 0.1) is 57.2 Å². The summed E-state index contributed by atoms with van der Waals surface area (Å²) in [5.41, 5.74) is -1.37. The minimum Gasteiger partial charge on any atom is -0.457 e. The smallest absolute Gasteiger partial charge is 0.457 e. The quantitative estimate of drug-likeness (QED) is 0.208. The average molecular weight is 856 g/mol. The first-order chi connectivity index (χ1) is 29.2. The van der Waals surface area contributed by atoms with Crippen molar-refractivity contribution >= 4 is 23.6 Å². The van der Waals surface area contributed by atoms with Crippen LogP contribution < -0.4 is 11.1 Å². The van der Waals surface area contributed by atoms with E-state index < -0.39 is 81.8 Å².